The van der Waals surface area contributed by atoms with Crippen LogP contribution in [0.5, 0.6) is 11.5 Å². The fourth-order valence-electron chi connectivity index (χ4n) is 3.00. The number of anilines is 2. The predicted octanol–water partition coefficient (Wildman–Crippen LogP) is 4.48. The maximum atomic E-state index is 12.5. The van der Waals surface area contributed by atoms with Crippen LogP contribution in [0.2, 0.25) is 0 Å². The minimum absolute atomic E-state index is 0.306. The smallest absolute Gasteiger partial charge is 0.414 e. The van der Waals surface area contributed by atoms with E-state index in [1.807, 2.05) is 38.1 Å². The van der Waals surface area contributed by atoms with Crippen LogP contribution in [-0.2, 0) is 9.53 Å². The van der Waals surface area contributed by atoms with Crippen molar-refractivity contribution < 1.29 is 23.8 Å². The summed E-state index contributed by atoms with van der Waals surface area (Å²) in [6.45, 7) is 5.87. The highest BCUT2D eigenvalue weighted by Gasteiger charge is 2.25. The Morgan fingerprint density at radius 2 is 2.00 bits per heavy atom. The molecule has 0 atom stereocenters. The number of nitrogens with zero attached hydrogens (tertiary/aromatic N) is 1. The van der Waals surface area contributed by atoms with Crippen molar-refractivity contribution in [3.63, 3.8) is 0 Å². The van der Waals surface area contributed by atoms with Crippen LogP contribution in [0.3, 0.4) is 0 Å². The van der Waals surface area contributed by atoms with Crippen molar-refractivity contribution in [2.75, 3.05) is 36.6 Å². The van der Waals surface area contributed by atoms with E-state index in [0.29, 0.717) is 49.2 Å². The molecule has 30 heavy (non-hydrogen) atoms. The minimum atomic E-state index is -0.416. The zero-order valence-corrected chi connectivity index (χ0v) is 17.2. The molecule has 7 nitrogen and oxygen atoms in total. The molecule has 0 aliphatic carbocycles. The summed E-state index contributed by atoms with van der Waals surface area (Å²) in [6, 6.07) is 12.7. The number of para-hydroxylation sites is 2. The van der Waals surface area contributed by atoms with Crippen molar-refractivity contribution in [2.24, 2.45) is 0 Å². The molecule has 0 bridgehead atoms. The van der Waals surface area contributed by atoms with Gasteiger partial charge in [0.15, 0.2) is 11.5 Å². The molecule has 0 radical (unpaired) electrons. The highest BCUT2D eigenvalue weighted by Crippen LogP contribution is 2.30. The van der Waals surface area contributed by atoms with Crippen LogP contribution in [0, 0.1) is 0 Å². The molecular formula is C23H26N2O5. The third-order valence-electron chi connectivity index (χ3n) is 4.37. The summed E-state index contributed by atoms with van der Waals surface area (Å²) in [5, 5.41) is 2.83. The average Bonchev–Trinajstić information content (AvgIpc) is 3.18. The summed E-state index contributed by atoms with van der Waals surface area (Å²) in [7, 11) is 0. The van der Waals surface area contributed by atoms with Gasteiger partial charge in [0.05, 0.1) is 31.1 Å². The Morgan fingerprint density at radius 3 is 2.73 bits per heavy atom. The number of carbonyl (C=O) groups excluding carboxylic acids is 2. The summed E-state index contributed by atoms with van der Waals surface area (Å²) in [5.41, 5.74) is 1.97. The third-order valence-corrected chi connectivity index (χ3v) is 4.37. The maximum absolute atomic E-state index is 12.5. The number of hydrogen-bond acceptors (Lipinski definition) is 5. The molecule has 1 aliphatic heterocycles. The molecule has 1 heterocycles. The third kappa shape index (κ3) is 5.31. The summed E-state index contributed by atoms with van der Waals surface area (Å²) in [6.07, 6.45) is 3.63. The Labute approximate surface area is 176 Å². The van der Waals surface area contributed by atoms with Gasteiger partial charge in [-0.2, -0.15) is 0 Å². The van der Waals surface area contributed by atoms with E-state index in [2.05, 4.69) is 5.32 Å². The highest BCUT2D eigenvalue weighted by molar-refractivity contribution is 6.05. The first-order valence-electron chi connectivity index (χ1n) is 10.0. The molecule has 1 aliphatic rings. The Hall–Kier alpha value is -3.48. The van der Waals surface area contributed by atoms with Crippen LogP contribution in [0.25, 0.3) is 6.08 Å². The monoisotopic (exact) mass is 410 g/mol. The largest absolute Gasteiger partial charge is 0.490 e. The summed E-state index contributed by atoms with van der Waals surface area (Å²) in [4.78, 5) is 25.8. The minimum Gasteiger partial charge on any atom is -0.490 e. The lowest BCUT2D eigenvalue weighted by molar-refractivity contribution is -0.111. The van der Waals surface area contributed by atoms with Gasteiger partial charge in [0.2, 0.25) is 5.91 Å². The van der Waals surface area contributed by atoms with Crippen LogP contribution in [0.15, 0.2) is 48.5 Å². The molecule has 2 aromatic rings. The number of cyclic esters (lactones) is 1. The predicted molar refractivity (Wildman–Crippen MR) is 116 cm³/mol. The average molecular weight is 410 g/mol. The van der Waals surface area contributed by atoms with E-state index in [9.17, 15) is 9.59 Å². The first-order chi connectivity index (χ1) is 14.6. The molecule has 2 amide bonds. The zero-order valence-electron chi connectivity index (χ0n) is 17.2. The number of rotatable bonds is 9. The van der Waals surface area contributed by atoms with Crippen LogP contribution >= 0.6 is 0 Å². The first-order valence-corrected chi connectivity index (χ1v) is 10.0. The number of nitrogens with one attached hydrogen (secondary N) is 1. The van der Waals surface area contributed by atoms with Crippen LogP contribution in [-0.4, -0.2) is 38.4 Å². The fraction of sp³-hybridized carbons (Fsp3) is 0.304. The Morgan fingerprint density at radius 1 is 1.17 bits per heavy atom. The molecule has 1 saturated heterocycles. The summed E-state index contributed by atoms with van der Waals surface area (Å²) >= 11 is 0. The van der Waals surface area contributed by atoms with Crippen LogP contribution in [0.4, 0.5) is 16.2 Å². The molecule has 1 N–H and O–H groups in total. The van der Waals surface area contributed by atoms with Gasteiger partial charge in [0.25, 0.3) is 0 Å². The summed E-state index contributed by atoms with van der Waals surface area (Å²) < 4.78 is 16.3. The number of benzene rings is 2. The maximum Gasteiger partial charge on any atom is 0.414 e. The lowest BCUT2D eigenvalue weighted by Gasteiger charge is -2.17. The lowest BCUT2D eigenvalue weighted by Crippen LogP contribution is -2.25. The van der Waals surface area contributed by atoms with Gasteiger partial charge < -0.3 is 19.5 Å². The fourth-order valence-corrected chi connectivity index (χ4v) is 3.00. The standard InChI is InChI=1S/C23H26N2O5/c1-3-14-29-20-11-9-17(16-21(20)28-4-2)10-12-22(26)24-18-7-5-6-8-19(18)25-13-15-30-23(25)27/h5-12,16H,3-4,13-15H2,1-2H3,(H,24,26)/b12-10+. The van der Waals surface area contributed by atoms with Crippen molar-refractivity contribution in [2.45, 2.75) is 20.3 Å². The van der Waals surface area contributed by atoms with E-state index in [0.717, 1.165) is 12.0 Å². The summed E-state index contributed by atoms with van der Waals surface area (Å²) in [5.74, 6) is 1.03. The molecular weight excluding hydrogens is 384 g/mol. The molecule has 0 spiro atoms. The number of ether oxygens (including phenoxy) is 3. The van der Waals surface area contributed by atoms with Crippen molar-refractivity contribution in [1.29, 1.82) is 0 Å². The number of amides is 2. The second-order valence-electron chi connectivity index (χ2n) is 6.59. The zero-order chi connectivity index (χ0) is 21.3. The van der Waals surface area contributed by atoms with Gasteiger partial charge in [-0.1, -0.05) is 25.1 Å². The van der Waals surface area contributed by atoms with Gasteiger partial charge in [0.1, 0.15) is 6.61 Å². The van der Waals surface area contributed by atoms with E-state index >= 15 is 0 Å². The van der Waals surface area contributed by atoms with Gasteiger partial charge in [0, 0.05) is 6.08 Å². The first kappa shape index (κ1) is 21.2. The SMILES string of the molecule is CCCOc1ccc(/C=C/C(=O)Nc2ccccc2N2CCOC2=O)cc1OCC. The van der Waals surface area contributed by atoms with Crippen molar-refractivity contribution in [3.05, 3.63) is 54.1 Å². The Kier molecular flexibility index (Phi) is 7.32. The van der Waals surface area contributed by atoms with Crippen LogP contribution < -0.4 is 19.7 Å². The van der Waals surface area contributed by atoms with Gasteiger partial charge in [-0.25, -0.2) is 4.79 Å². The van der Waals surface area contributed by atoms with Crippen molar-refractivity contribution in [1.82, 2.24) is 0 Å². The van der Waals surface area contributed by atoms with Gasteiger partial charge in [-0.05, 0) is 49.2 Å². The quantitative estimate of drug-likeness (QED) is 0.617. The number of hydrogen-bond donors (Lipinski definition) is 1. The molecule has 0 saturated carbocycles. The Balaban J connectivity index is 1.71. The van der Waals surface area contributed by atoms with E-state index in [1.54, 1.807) is 24.3 Å². The van der Waals surface area contributed by atoms with Crippen molar-refractivity contribution >= 4 is 29.5 Å². The van der Waals surface area contributed by atoms with Crippen LogP contribution in [0.1, 0.15) is 25.8 Å². The number of carbonyl (C=O) groups is 2. The highest BCUT2D eigenvalue weighted by atomic mass is 16.6. The Bertz CT molecular complexity index is 926. The molecule has 0 unspecified atom stereocenters. The van der Waals surface area contributed by atoms with E-state index < -0.39 is 6.09 Å². The lowest BCUT2D eigenvalue weighted by atomic mass is 10.2. The molecule has 0 aromatic heterocycles. The molecule has 1 fully saturated rings. The van der Waals surface area contributed by atoms with E-state index in [1.165, 1.54) is 11.0 Å². The van der Waals surface area contributed by atoms with Gasteiger partial charge in [-0.15, -0.1) is 0 Å². The molecule has 7 heteroatoms. The normalized spacial score (nSPS) is 13.4. The topological polar surface area (TPSA) is 77.1 Å². The molecule has 2 aromatic carbocycles. The second kappa shape index (κ2) is 10.3. The van der Waals surface area contributed by atoms with Gasteiger partial charge >= 0.3 is 6.09 Å². The second-order valence-corrected chi connectivity index (χ2v) is 6.59. The van der Waals surface area contributed by atoms with E-state index in [4.69, 9.17) is 14.2 Å². The van der Waals surface area contributed by atoms with E-state index in [-0.39, 0.29) is 5.91 Å². The van der Waals surface area contributed by atoms with Gasteiger partial charge in [-0.3, -0.25) is 9.69 Å². The van der Waals surface area contributed by atoms with Crippen molar-refractivity contribution in [3.8, 4) is 11.5 Å². The molecule has 158 valence electrons. The molecule has 3 rings (SSSR count).